The molecule has 4 aromatic carbocycles. The summed E-state index contributed by atoms with van der Waals surface area (Å²) in [4.78, 5) is 23.1. The van der Waals surface area contributed by atoms with E-state index in [4.69, 9.17) is 0 Å². The zero-order valence-electron chi connectivity index (χ0n) is 26.2. The molecule has 0 saturated carbocycles. The van der Waals surface area contributed by atoms with Crippen LogP contribution in [0.2, 0.25) is 0 Å². The average molecular weight is 862 g/mol. The fourth-order valence-electron chi connectivity index (χ4n) is 3.95. The van der Waals surface area contributed by atoms with Gasteiger partial charge in [0.25, 0.3) is 0 Å². The number of rotatable bonds is 11. The van der Waals surface area contributed by atoms with E-state index in [1.54, 1.807) is 0 Å². The third-order valence-corrected chi connectivity index (χ3v) is 9.93. The van der Waals surface area contributed by atoms with Gasteiger partial charge in [0.1, 0.15) is 31.3 Å². The molecule has 19 nitrogen and oxygen atoms in total. The first-order chi connectivity index (χ1) is 21.7. The number of anilines is 2. The van der Waals surface area contributed by atoms with Crippen LogP contribution < -0.4 is 121 Å². The SMILES string of the molecule is O=c1ccc(=NNc2cc(S(=O)(=O)[O-])c3cccc(S(=O)(=O)[O-])c3c2)c(=O)c1=NNc1cc(S(=O)(=O)CCOS(=O)(=O)[O-])ccc1O.[Cu+2].[Na+].[Na+].[Na+]. The minimum atomic E-state index is -5.23. The van der Waals surface area contributed by atoms with Gasteiger partial charge in [-0.05, 0) is 48.5 Å². The number of sulfone groups is 1. The van der Waals surface area contributed by atoms with Gasteiger partial charge in [0.15, 0.2) is 15.2 Å². The standard InChI is InChI=1S/C24H20N4O15S4.Cu.3Na/c29-19-6-4-14(44(32,33)9-8-43-47(40,41)42)12-18(19)27-28-23-20(30)7-5-17(24(23)31)26-25-13-10-16-15(22(11-13)46(37,38)39)2-1-3-21(16)45(34,35)36;;;;/h1-7,10-12,25,27,29H,8-9H2,(H,34,35,36)(H,37,38,39)(H,40,41,42);;;;/q;+2;3*+1/p-3. The summed E-state index contributed by atoms with van der Waals surface area (Å²) >= 11 is 0. The molecule has 0 unspecified atom stereocenters. The first-order valence-electron chi connectivity index (χ1n) is 12.3. The first kappa shape index (κ1) is 49.9. The molecule has 0 aliphatic carbocycles. The second-order valence-corrected chi connectivity index (χ2v) is 15.0. The summed E-state index contributed by atoms with van der Waals surface area (Å²) in [6.07, 6.45) is 0. The number of fused-ring (bicyclic) bond motifs is 1. The molecular formula is C24H17CuN4Na3O15S4+2. The molecule has 259 valence electrons. The van der Waals surface area contributed by atoms with Crippen LogP contribution in [0.1, 0.15) is 0 Å². The minimum absolute atomic E-state index is 0. The monoisotopic (exact) mass is 861 g/mol. The summed E-state index contributed by atoms with van der Waals surface area (Å²) in [6.45, 7) is -1.00. The summed E-state index contributed by atoms with van der Waals surface area (Å²) < 4.78 is 131. The molecule has 0 spiro atoms. The smallest absolute Gasteiger partial charge is 0.744 e. The van der Waals surface area contributed by atoms with Gasteiger partial charge in [-0.2, -0.15) is 10.2 Å². The van der Waals surface area contributed by atoms with E-state index in [1.165, 1.54) is 0 Å². The predicted molar refractivity (Wildman–Crippen MR) is 155 cm³/mol. The normalized spacial score (nSPS) is 12.5. The molecule has 0 bridgehead atoms. The van der Waals surface area contributed by atoms with E-state index < -0.39 is 106 Å². The van der Waals surface area contributed by atoms with Gasteiger partial charge in [0, 0.05) is 10.8 Å². The second kappa shape index (κ2) is 19.5. The van der Waals surface area contributed by atoms with Gasteiger partial charge in [-0.3, -0.25) is 24.6 Å². The Morgan fingerprint density at radius 3 is 1.94 bits per heavy atom. The van der Waals surface area contributed by atoms with Crippen LogP contribution in [-0.4, -0.2) is 64.8 Å². The zero-order valence-corrected chi connectivity index (χ0v) is 36.4. The number of phenols is 1. The third kappa shape index (κ3) is 13.0. The van der Waals surface area contributed by atoms with E-state index >= 15 is 0 Å². The first-order valence-corrected chi connectivity index (χ1v) is 18.1. The number of phenolic OH excluding ortho intramolecular Hbond substituents is 1. The van der Waals surface area contributed by atoms with E-state index in [-0.39, 0.29) is 117 Å². The van der Waals surface area contributed by atoms with Crippen LogP contribution in [0.25, 0.3) is 10.8 Å². The number of hydrogen-bond acceptors (Lipinski definition) is 19. The van der Waals surface area contributed by atoms with Crippen molar-refractivity contribution in [3.8, 4) is 5.75 Å². The Bertz CT molecular complexity index is 2620. The summed E-state index contributed by atoms with van der Waals surface area (Å²) in [5.74, 6) is -1.55. The van der Waals surface area contributed by atoms with Crippen LogP contribution in [0.15, 0.2) is 95.1 Å². The molecule has 4 aromatic rings. The Balaban J connectivity index is 0.00000625. The molecule has 0 saturated heterocycles. The maximum atomic E-state index is 13.0. The van der Waals surface area contributed by atoms with Crippen molar-refractivity contribution in [2.24, 2.45) is 10.2 Å². The topological polar surface area (TPSA) is 318 Å². The molecule has 4 rings (SSSR count). The Labute approximate surface area is 366 Å². The Morgan fingerprint density at radius 1 is 0.725 bits per heavy atom. The van der Waals surface area contributed by atoms with E-state index in [0.29, 0.717) is 0 Å². The van der Waals surface area contributed by atoms with Gasteiger partial charge in [-0.15, -0.1) is 0 Å². The van der Waals surface area contributed by atoms with Crippen molar-refractivity contribution < 1.29 is 162 Å². The Hall–Kier alpha value is -1.10. The minimum Gasteiger partial charge on any atom is -0.744 e. The molecule has 51 heavy (non-hydrogen) atoms. The molecule has 0 heterocycles. The average Bonchev–Trinajstić information content (AvgIpc) is 2.94. The molecule has 0 fully saturated rings. The van der Waals surface area contributed by atoms with Crippen LogP contribution in [0.3, 0.4) is 0 Å². The summed E-state index contributed by atoms with van der Waals surface area (Å²) in [7, 11) is -19.8. The number of nitrogens with one attached hydrogen (secondary N) is 2. The van der Waals surface area contributed by atoms with Crippen molar-refractivity contribution in [1.29, 1.82) is 0 Å². The van der Waals surface area contributed by atoms with Crippen LogP contribution in [0, 0.1) is 0 Å². The molecule has 0 aromatic heterocycles. The van der Waals surface area contributed by atoms with Crippen molar-refractivity contribution in [2.75, 3.05) is 23.2 Å². The molecule has 0 aliphatic rings. The van der Waals surface area contributed by atoms with Gasteiger partial charge in [0.05, 0.1) is 38.4 Å². The van der Waals surface area contributed by atoms with E-state index in [1.807, 2.05) is 0 Å². The predicted octanol–water partition coefficient (Wildman–Crippen LogP) is -10.9. The largest absolute Gasteiger partial charge is 2.00 e. The molecule has 3 N–H and O–H groups in total. The van der Waals surface area contributed by atoms with Gasteiger partial charge in [0.2, 0.25) is 21.3 Å². The van der Waals surface area contributed by atoms with Crippen LogP contribution >= 0.6 is 0 Å². The molecule has 0 atom stereocenters. The van der Waals surface area contributed by atoms with Gasteiger partial charge >= 0.3 is 106 Å². The summed E-state index contributed by atoms with van der Waals surface area (Å²) in [5.41, 5.74) is 1.48. The van der Waals surface area contributed by atoms with E-state index in [9.17, 15) is 62.0 Å². The maximum absolute atomic E-state index is 13.0. The zero-order chi connectivity index (χ0) is 34.9. The van der Waals surface area contributed by atoms with Gasteiger partial charge in [-0.25, -0.2) is 33.7 Å². The second-order valence-electron chi connectivity index (χ2n) is 9.17. The van der Waals surface area contributed by atoms with Crippen molar-refractivity contribution in [1.82, 2.24) is 0 Å². The molecule has 27 heteroatoms. The van der Waals surface area contributed by atoms with E-state index in [2.05, 4.69) is 25.2 Å². The molecule has 0 amide bonds. The molecule has 1 radical (unpaired) electrons. The van der Waals surface area contributed by atoms with Crippen molar-refractivity contribution in [3.63, 3.8) is 0 Å². The van der Waals surface area contributed by atoms with Crippen molar-refractivity contribution in [2.45, 2.75) is 14.7 Å². The number of aromatic hydroxyl groups is 1. The number of nitrogens with zero attached hydrogens (tertiary/aromatic N) is 2. The van der Waals surface area contributed by atoms with Crippen LogP contribution in [0.4, 0.5) is 11.4 Å². The maximum Gasteiger partial charge on any atom is 2.00 e. The Morgan fingerprint density at radius 2 is 1.35 bits per heavy atom. The van der Waals surface area contributed by atoms with Crippen LogP contribution in [-0.2, 0) is 61.7 Å². The Kier molecular flexibility index (Phi) is 19.1. The fraction of sp³-hybridized carbons (Fsp3) is 0.0833. The van der Waals surface area contributed by atoms with Gasteiger partial charge < -0.3 is 18.8 Å². The van der Waals surface area contributed by atoms with Gasteiger partial charge in [-0.1, -0.05) is 12.1 Å². The fourth-order valence-corrected chi connectivity index (χ4v) is 6.86. The van der Waals surface area contributed by atoms with E-state index in [0.717, 1.165) is 60.7 Å². The quantitative estimate of drug-likeness (QED) is 0.0414. The van der Waals surface area contributed by atoms with Crippen LogP contribution in [0.5, 0.6) is 5.75 Å². The number of hydrogen-bond donors (Lipinski definition) is 3. The number of benzene rings is 4. The summed E-state index contributed by atoms with van der Waals surface area (Å²) in [6, 6.07) is 9.19. The third-order valence-electron chi connectivity index (χ3n) is 6.03. The molecular weight excluding hydrogens is 845 g/mol. The van der Waals surface area contributed by atoms with Crippen molar-refractivity contribution in [3.05, 3.63) is 91.8 Å². The summed E-state index contributed by atoms with van der Waals surface area (Å²) in [5, 5.41) is 15.3. The molecule has 0 aliphatic heterocycles. The van der Waals surface area contributed by atoms with Crippen molar-refractivity contribution >= 4 is 62.6 Å².